The molecule has 0 bridgehead atoms. The molecule has 110 valence electrons. The number of rotatable bonds is 5. The molecule has 1 amide bonds. The van der Waals surface area contributed by atoms with Crippen LogP contribution in [0, 0.1) is 0 Å². The van der Waals surface area contributed by atoms with Crippen molar-refractivity contribution in [3.8, 4) is 5.75 Å². The standard InChI is InChI=1S/C15H14Cl2N2O2/c16-12-2-1-3-13(17)15(12)19-14(21)9-18-8-10-4-6-11(20)7-5-10/h1-7,18,20H,8-9H2,(H,19,21). The highest BCUT2D eigenvalue weighted by Gasteiger charge is 2.09. The molecule has 0 heterocycles. The number of carbonyl (C=O) groups excluding carboxylic acids is 1. The van der Waals surface area contributed by atoms with E-state index in [1.165, 1.54) is 0 Å². The molecule has 0 fully saturated rings. The van der Waals surface area contributed by atoms with Crippen molar-refractivity contribution >= 4 is 34.8 Å². The Balaban J connectivity index is 1.84. The fraction of sp³-hybridized carbons (Fsp3) is 0.133. The van der Waals surface area contributed by atoms with Gasteiger partial charge in [-0.05, 0) is 29.8 Å². The number of benzene rings is 2. The highest BCUT2D eigenvalue weighted by Crippen LogP contribution is 2.29. The monoisotopic (exact) mass is 324 g/mol. The maximum atomic E-state index is 11.8. The van der Waals surface area contributed by atoms with Crippen molar-refractivity contribution < 1.29 is 9.90 Å². The van der Waals surface area contributed by atoms with E-state index in [1.807, 2.05) is 0 Å². The third-order valence-corrected chi connectivity index (χ3v) is 3.41. The molecule has 0 aromatic heterocycles. The molecule has 3 N–H and O–H groups in total. The minimum Gasteiger partial charge on any atom is -0.508 e. The molecule has 2 rings (SSSR count). The second kappa shape index (κ2) is 7.31. The van der Waals surface area contributed by atoms with Gasteiger partial charge in [-0.2, -0.15) is 0 Å². The molecule has 0 saturated heterocycles. The zero-order valence-corrected chi connectivity index (χ0v) is 12.6. The summed E-state index contributed by atoms with van der Waals surface area (Å²) in [6.45, 7) is 0.645. The summed E-state index contributed by atoms with van der Waals surface area (Å²) >= 11 is 12.0. The summed E-state index contributed by atoms with van der Waals surface area (Å²) in [5, 5.41) is 15.6. The van der Waals surface area contributed by atoms with E-state index in [0.29, 0.717) is 22.3 Å². The van der Waals surface area contributed by atoms with Gasteiger partial charge in [-0.15, -0.1) is 0 Å². The van der Waals surface area contributed by atoms with Crippen molar-refractivity contribution in [3.63, 3.8) is 0 Å². The first kappa shape index (κ1) is 15.6. The van der Waals surface area contributed by atoms with Gasteiger partial charge in [-0.1, -0.05) is 41.4 Å². The Bertz CT molecular complexity index is 610. The Morgan fingerprint density at radius 1 is 1.05 bits per heavy atom. The molecule has 0 aliphatic rings. The summed E-state index contributed by atoms with van der Waals surface area (Å²) in [7, 11) is 0. The van der Waals surface area contributed by atoms with Gasteiger partial charge in [0.05, 0.1) is 22.3 Å². The van der Waals surface area contributed by atoms with Crippen LogP contribution in [0.2, 0.25) is 10.0 Å². The Morgan fingerprint density at radius 2 is 1.67 bits per heavy atom. The molecule has 0 atom stereocenters. The number of amides is 1. The quantitative estimate of drug-likeness (QED) is 0.789. The fourth-order valence-electron chi connectivity index (χ4n) is 1.74. The summed E-state index contributed by atoms with van der Waals surface area (Å²) in [5.74, 6) is -0.0198. The second-order valence-electron chi connectivity index (χ2n) is 4.41. The largest absolute Gasteiger partial charge is 0.508 e. The minimum absolute atomic E-state index is 0.127. The average molecular weight is 325 g/mol. The van der Waals surface area contributed by atoms with Crippen LogP contribution < -0.4 is 10.6 Å². The zero-order valence-electron chi connectivity index (χ0n) is 11.1. The third kappa shape index (κ3) is 4.63. The van der Waals surface area contributed by atoms with Crippen molar-refractivity contribution in [1.82, 2.24) is 5.32 Å². The van der Waals surface area contributed by atoms with E-state index in [2.05, 4.69) is 10.6 Å². The van der Waals surface area contributed by atoms with Gasteiger partial charge in [0.15, 0.2) is 0 Å². The molecule has 0 radical (unpaired) electrons. The maximum absolute atomic E-state index is 11.8. The van der Waals surface area contributed by atoms with Crippen LogP contribution in [0.1, 0.15) is 5.56 Å². The van der Waals surface area contributed by atoms with Crippen LogP contribution >= 0.6 is 23.2 Å². The molecule has 21 heavy (non-hydrogen) atoms. The van der Waals surface area contributed by atoms with Crippen LogP contribution in [0.25, 0.3) is 0 Å². The number of hydrogen-bond acceptors (Lipinski definition) is 3. The summed E-state index contributed by atoms with van der Waals surface area (Å²) in [6.07, 6.45) is 0. The van der Waals surface area contributed by atoms with E-state index < -0.39 is 0 Å². The van der Waals surface area contributed by atoms with Gasteiger partial charge in [0.2, 0.25) is 5.91 Å². The third-order valence-electron chi connectivity index (χ3n) is 2.78. The van der Waals surface area contributed by atoms with Gasteiger partial charge in [-0.3, -0.25) is 4.79 Å². The van der Waals surface area contributed by atoms with Gasteiger partial charge >= 0.3 is 0 Å². The van der Waals surface area contributed by atoms with Gasteiger partial charge < -0.3 is 15.7 Å². The maximum Gasteiger partial charge on any atom is 0.238 e. The van der Waals surface area contributed by atoms with Crippen LogP contribution in [0.5, 0.6) is 5.75 Å². The van der Waals surface area contributed by atoms with Crippen LogP contribution in [-0.4, -0.2) is 17.6 Å². The Kier molecular flexibility index (Phi) is 5.44. The number of phenols is 1. The lowest BCUT2D eigenvalue weighted by molar-refractivity contribution is -0.115. The van der Waals surface area contributed by atoms with Gasteiger partial charge in [0, 0.05) is 6.54 Å². The lowest BCUT2D eigenvalue weighted by Gasteiger charge is -2.10. The Hall–Kier alpha value is -1.75. The van der Waals surface area contributed by atoms with E-state index in [-0.39, 0.29) is 18.2 Å². The summed E-state index contributed by atoms with van der Waals surface area (Å²) in [5.41, 5.74) is 1.38. The number of para-hydroxylation sites is 1. The van der Waals surface area contributed by atoms with Gasteiger partial charge in [-0.25, -0.2) is 0 Å². The first-order chi connectivity index (χ1) is 10.1. The average Bonchev–Trinajstić information content (AvgIpc) is 2.45. The summed E-state index contributed by atoms with van der Waals surface area (Å²) in [6, 6.07) is 11.8. The number of halogens is 2. The van der Waals surface area contributed by atoms with Crippen molar-refractivity contribution in [2.24, 2.45) is 0 Å². The Labute approximate surface area is 132 Å². The van der Waals surface area contributed by atoms with Crippen molar-refractivity contribution in [2.75, 3.05) is 11.9 Å². The highest BCUT2D eigenvalue weighted by molar-refractivity contribution is 6.39. The SMILES string of the molecule is O=C(CNCc1ccc(O)cc1)Nc1c(Cl)cccc1Cl. The first-order valence-electron chi connectivity index (χ1n) is 6.29. The molecule has 0 unspecified atom stereocenters. The molecule has 2 aromatic carbocycles. The predicted octanol–water partition coefficient (Wildman–Crippen LogP) is 3.43. The molecule has 2 aromatic rings. The Morgan fingerprint density at radius 3 is 2.29 bits per heavy atom. The van der Waals surface area contributed by atoms with Gasteiger partial charge in [0.25, 0.3) is 0 Å². The number of nitrogens with one attached hydrogen (secondary N) is 2. The lowest BCUT2D eigenvalue weighted by atomic mass is 10.2. The van der Waals surface area contributed by atoms with E-state index in [4.69, 9.17) is 23.2 Å². The van der Waals surface area contributed by atoms with Crippen LogP contribution in [0.15, 0.2) is 42.5 Å². The number of carbonyl (C=O) groups is 1. The van der Waals surface area contributed by atoms with E-state index in [1.54, 1.807) is 42.5 Å². The van der Waals surface area contributed by atoms with Crippen LogP contribution in [-0.2, 0) is 11.3 Å². The molecule has 0 aliphatic carbocycles. The second-order valence-corrected chi connectivity index (χ2v) is 5.23. The fourth-order valence-corrected chi connectivity index (χ4v) is 2.23. The number of anilines is 1. The van der Waals surface area contributed by atoms with E-state index >= 15 is 0 Å². The van der Waals surface area contributed by atoms with Gasteiger partial charge in [0.1, 0.15) is 5.75 Å². The minimum atomic E-state index is -0.233. The lowest BCUT2D eigenvalue weighted by Crippen LogP contribution is -2.27. The molecule has 6 heteroatoms. The van der Waals surface area contributed by atoms with Crippen molar-refractivity contribution in [3.05, 3.63) is 58.1 Å². The first-order valence-corrected chi connectivity index (χ1v) is 7.04. The van der Waals surface area contributed by atoms with E-state index in [0.717, 1.165) is 5.56 Å². The van der Waals surface area contributed by atoms with Crippen LogP contribution in [0.4, 0.5) is 5.69 Å². The van der Waals surface area contributed by atoms with E-state index in [9.17, 15) is 9.90 Å². The smallest absolute Gasteiger partial charge is 0.238 e. The summed E-state index contributed by atoms with van der Waals surface area (Å²) < 4.78 is 0. The van der Waals surface area contributed by atoms with Crippen LogP contribution in [0.3, 0.4) is 0 Å². The predicted molar refractivity (Wildman–Crippen MR) is 84.9 cm³/mol. The molecular weight excluding hydrogens is 311 g/mol. The zero-order chi connectivity index (χ0) is 15.2. The van der Waals surface area contributed by atoms with Crippen molar-refractivity contribution in [1.29, 1.82) is 0 Å². The molecule has 4 nitrogen and oxygen atoms in total. The molecule has 0 aliphatic heterocycles. The summed E-state index contributed by atoms with van der Waals surface area (Å²) in [4.78, 5) is 11.8. The van der Waals surface area contributed by atoms with Crippen molar-refractivity contribution in [2.45, 2.75) is 6.54 Å². The normalized spacial score (nSPS) is 10.4. The molecule has 0 spiro atoms. The number of aromatic hydroxyl groups is 1. The molecule has 0 saturated carbocycles. The number of phenolic OH excluding ortho intramolecular Hbond substituents is 1. The molecular formula is C15H14Cl2N2O2. The number of hydrogen-bond donors (Lipinski definition) is 3. The topological polar surface area (TPSA) is 61.4 Å². The highest BCUT2D eigenvalue weighted by atomic mass is 35.5.